The lowest BCUT2D eigenvalue weighted by atomic mass is 10.1. The molecule has 0 saturated carbocycles. The number of ether oxygens (including phenoxy) is 3. The number of nitrogens with one attached hydrogen (secondary N) is 1. The molecule has 1 atom stereocenters. The molecule has 0 fully saturated rings. The topological polar surface area (TPSA) is 74.2 Å². The van der Waals surface area contributed by atoms with Crippen molar-refractivity contribution in [3.8, 4) is 17.0 Å². The van der Waals surface area contributed by atoms with Gasteiger partial charge in [-0.05, 0) is 25.1 Å². The Bertz CT molecular complexity index is 988. The molecule has 0 spiro atoms. The number of rotatable bonds is 0. The second-order valence-corrected chi connectivity index (χ2v) is 5.51. The molecule has 0 aliphatic carbocycles. The molecule has 0 unspecified atom stereocenters. The highest BCUT2D eigenvalue weighted by molar-refractivity contribution is 5.93. The first-order valence-corrected chi connectivity index (χ1v) is 7.70. The predicted molar refractivity (Wildman–Crippen MR) is 89.0 cm³/mol. The highest BCUT2D eigenvalue weighted by atomic mass is 16.5. The van der Waals surface area contributed by atoms with Gasteiger partial charge < -0.3 is 14.2 Å². The van der Waals surface area contributed by atoms with Gasteiger partial charge in [-0.2, -0.15) is 10.2 Å². The van der Waals surface area contributed by atoms with Crippen molar-refractivity contribution in [1.82, 2.24) is 20.0 Å². The van der Waals surface area contributed by atoms with Crippen LogP contribution in [0.1, 0.15) is 12.4 Å². The smallest absolute Gasteiger partial charge is 0.120 e. The number of fused-ring (bicyclic) bond motifs is 4. The molecule has 4 rings (SSSR count). The first-order chi connectivity index (χ1) is 13.3. The minimum Gasteiger partial charge on any atom is -0.491 e. The molecule has 1 aromatic carbocycles. The van der Waals surface area contributed by atoms with Gasteiger partial charge in [0, 0.05) is 17.1 Å². The largest absolute Gasteiger partial charge is 0.491 e. The third kappa shape index (κ3) is 3.13. The van der Waals surface area contributed by atoms with Gasteiger partial charge in [0.2, 0.25) is 0 Å². The summed E-state index contributed by atoms with van der Waals surface area (Å²) in [5.74, 6) is 0.660. The molecule has 126 valence electrons. The van der Waals surface area contributed by atoms with E-state index in [0.29, 0.717) is 23.6 Å². The summed E-state index contributed by atoms with van der Waals surface area (Å²) in [6.45, 7) is -3.00. The number of aromatic nitrogens is 4. The Morgan fingerprint density at radius 2 is 2.33 bits per heavy atom. The minimum absolute atomic E-state index is 0.107. The normalized spacial score (nSPS) is 26.1. The Morgan fingerprint density at radius 3 is 3.29 bits per heavy atom. The molecule has 4 bridgehead atoms. The fourth-order valence-electron chi connectivity index (χ4n) is 2.49. The Hall–Kier alpha value is -2.38. The van der Waals surface area contributed by atoms with Gasteiger partial charge in [0.1, 0.15) is 18.1 Å². The average Bonchev–Trinajstić information content (AvgIpc) is 3.29. The summed E-state index contributed by atoms with van der Waals surface area (Å²) in [5, 5.41) is 12.0. The lowest BCUT2D eigenvalue weighted by Gasteiger charge is -2.14. The van der Waals surface area contributed by atoms with E-state index < -0.39 is 13.1 Å². The summed E-state index contributed by atoms with van der Waals surface area (Å²) in [5.41, 5.74) is 1.91. The third-order valence-electron chi connectivity index (χ3n) is 3.70. The fraction of sp³-hybridized carbons (Fsp3) is 0.412. The van der Waals surface area contributed by atoms with Crippen molar-refractivity contribution in [1.29, 1.82) is 0 Å². The molecule has 0 saturated heterocycles. The maximum Gasteiger partial charge on any atom is 0.120 e. The molecule has 3 aromatic rings. The number of aromatic amines is 1. The number of benzene rings is 1. The van der Waals surface area contributed by atoms with Gasteiger partial charge in [0.05, 0.1) is 49.6 Å². The van der Waals surface area contributed by atoms with Crippen LogP contribution in [0.5, 0.6) is 5.75 Å². The maximum atomic E-state index is 8.22. The Kier molecular flexibility index (Phi) is 3.10. The average molecular weight is 332 g/mol. The monoisotopic (exact) mass is 332 g/mol. The summed E-state index contributed by atoms with van der Waals surface area (Å²) < 4.78 is 49.9. The van der Waals surface area contributed by atoms with Crippen LogP contribution in [0.15, 0.2) is 30.6 Å². The Morgan fingerprint density at radius 1 is 1.38 bits per heavy atom. The van der Waals surface area contributed by atoms with Gasteiger partial charge in [-0.15, -0.1) is 0 Å². The van der Waals surface area contributed by atoms with Crippen LogP contribution in [0, 0.1) is 0 Å². The molecular weight excluding hydrogens is 308 g/mol. The van der Waals surface area contributed by atoms with Crippen molar-refractivity contribution < 1.29 is 19.7 Å². The molecule has 7 nitrogen and oxygen atoms in total. The van der Waals surface area contributed by atoms with Crippen molar-refractivity contribution in [2.75, 3.05) is 26.4 Å². The van der Waals surface area contributed by atoms with Crippen LogP contribution in [-0.2, 0) is 16.0 Å². The molecule has 1 aliphatic heterocycles. The van der Waals surface area contributed by atoms with E-state index in [1.165, 1.54) is 12.4 Å². The number of nitrogens with zero attached hydrogens (tertiary/aromatic N) is 3. The molecule has 24 heavy (non-hydrogen) atoms. The molecule has 1 aliphatic rings. The van der Waals surface area contributed by atoms with E-state index in [0.717, 1.165) is 15.6 Å². The van der Waals surface area contributed by atoms with Crippen LogP contribution in [0.3, 0.4) is 0 Å². The lowest BCUT2D eigenvalue weighted by molar-refractivity contribution is -0.00730. The summed E-state index contributed by atoms with van der Waals surface area (Å²) in [6, 6.07) is 5.53. The van der Waals surface area contributed by atoms with E-state index in [4.69, 9.17) is 19.7 Å². The van der Waals surface area contributed by atoms with Crippen LogP contribution in [0.25, 0.3) is 22.2 Å². The Balaban J connectivity index is 1.79. The number of hydrogen-bond acceptors (Lipinski definition) is 5. The van der Waals surface area contributed by atoms with E-state index >= 15 is 0 Å². The highest BCUT2D eigenvalue weighted by Crippen LogP contribution is 2.29. The number of aryl methyl sites for hydroxylation is 1. The van der Waals surface area contributed by atoms with Gasteiger partial charge >= 0.3 is 0 Å². The van der Waals surface area contributed by atoms with Gasteiger partial charge in [-0.25, -0.2) is 0 Å². The molecule has 0 amide bonds. The molecule has 1 N–H and O–H groups in total. The van der Waals surface area contributed by atoms with E-state index in [2.05, 4.69) is 15.3 Å². The van der Waals surface area contributed by atoms with Crippen molar-refractivity contribution in [2.24, 2.45) is 0 Å². The van der Waals surface area contributed by atoms with Crippen molar-refractivity contribution in [3.05, 3.63) is 30.6 Å². The highest BCUT2D eigenvalue weighted by Gasteiger charge is 2.12. The molecule has 7 heteroatoms. The summed E-state index contributed by atoms with van der Waals surface area (Å²) in [6.07, 6.45) is 2.61. The van der Waals surface area contributed by atoms with E-state index in [1.54, 1.807) is 0 Å². The lowest BCUT2D eigenvalue weighted by Crippen LogP contribution is -2.21. The zero-order valence-electron chi connectivity index (χ0n) is 17.2. The van der Waals surface area contributed by atoms with E-state index in [-0.39, 0.29) is 19.3 Å². The van der Waals surface area contributed by atoms with E-state index in [9.17, 15) is 0 Å². The summed E-state index contributed by atoms with van der Waals surface area (Å²) in [7, 11) is 0. The zero-order chi connectivity index (χ0) is 19.9. The predicted octanol–water partition coefficient (Wildman–Crippen LogP) is 2.24. The van der Waals surface area contributed by atoms with Crippen LogP contribution in [0.4, 0.5) is 0 Å². The SMILES string of the molecule is [2H]C1([2H])OCCO[C@@H](C)COc2ccc3[nH]nc(c3c2)-c2cnn(c2)C1([2H])[2H]. The quantitative estimate of drug-likeness (QED) is 0.683. The van der Waals surface area contributed by atoms with Crippen molar-refractivity contribution in [3.63, 3.8) is 0 Å². The van der Waals surface area contributed by atoms with Crippen molar-refractivity contribution in [2.45, 2.75) is 19.5 Å². The van der Waals surface area contributed by atoms with Gasteiger partial charge in [-0.3, -0.25) is 9.78 Å². The van der Waals surface area contributed by atoms with Crippen LogP contribution in [0.2, 0.25) is 0 Å². The number of hydrogen-bond donors (Lipinski definition) is 1. The molecule has 0 radical (unpaired) electrons. The zero-order valence-corrected chi connectivity index (χ0v) is 13.2. The van der Waals surface area contributed by atoms with Crippen LogP contribution < -0.4 is 4.74 Å². The second-order valence-electron chi connectivity index (χ2n) is 5.51. The van der Waals surface area contributed by atoms with Gasteiger partial charge in [0.25, 0.3) is 0 Å². The fourth-order valence-corrected chi connectivity index (χ4v) is 2.49. The first kappa shape index (κ1) is 11.2. The van der Waals surface area contributed by atoms with Crippen molar-refractivity contribution >= 4 is 10.9 Å². The van der Waals surface area contributed by atoms with Crippen LogP contribution >= 0.6 is 0 Å². The Labute approximate surface area is 145 Å². The second kappa shape index (κ2) is 6.62. The van der Waals surface area contributed by atoms with E-state index in [1.807, 2.05) is 25.1 Å². The summed E-state index contributed by atoms with van der Waals surface area (Å²) >= 11 is 0. The third-order valence-corrected chi connectivity index (χ3v) is 3.70. The standard InChI is InChI=1S/C17H20N4O3/c1-12-11-24-14-2-3-16-15(8-14)17(20-19-16)13-9-18-21(10-13)4-5-22-6-7-23-12/h2-3,8-10,12H,4-7,11H2,1H3,(H,19,20)/t12-/m0/s1/i4D2,5D2. The number of H-pyrrole nitrogens is 1. The summed E-state index contributed by atoms with van der Waals surface area (Å²) in [4.78, 5) is 0. The minimum atomic E-state index is -2.61. The first-order valence-electron chi connectivity index (χ1n) is 9.70. The molecule has 3 heterocycles. The maximum absolute atomic E-state index is 8.22. The van der Waals surface area contributed by atoms with Crippen LogP contribution in [-0.4, -0.2) is 52.5 Å². The molecular formula is C17H20N4O3. The van der Waals surface area contributed by atoms with Gasteiger partial charge in [-0.1, -0.05) is 0 Å². The van der Waals surface area contributed by atoms with Gasteiger partial charge in [0.15, 0.2) is 0 Å². The molecule has 2 aromatic heterocycles.